The SMILES string of the molecule is C[C@@H](/C=C/C(=O)O)[C@H](OC(=O)Nc1ccccc1)c1ccccc1OCCO. The zero-order chi connectivity index (χ0) is 20.4. The Hall–Kier alpha value is -3.32. The molecule has 0 unspecified atom stereocenters. The fraction of sp³-hybridized carbons (Fsp3) is 0.238. The molecule has 0 aliphatic heterocycles. The normalized spacial score (nSPS) is 12.9. The van der Waals surface area contributed by atoms with Gasteiger partial charge in [-0.25, -0.2) is 9.59 Å². The van der Waals surface area contributed by atoms with Crippen molar-refractivity contribution >= 4 is 17.7 Å². The fourth-order valence-electron chi connectivity index (χ4n) is 2.58. The van der Waals surface area contributed by atoms with Crippen molar-refractivity contribution in [2.75, 3.05) is 18.5 Å². The quantitative estimate of drug-likeness (QED) is 0.570. The lowest BCUT2D eigenvalue weighted by molar-refractivity contribution is -0.131. The Labute approximate surface area is 163 Å². The molecule has 2 atom stereocenters. The molecule has 0 aliphatic carbocycles. The monoisotopic (exact) mass is 385 g/mol. The molecule has 0 spiro atoms. The molecule has 7 heteroatoms. The number of aliphatic carboxylic acids is 1. The van der Waals surface area contributed by atoms with E-state index in [-0.39, 0.29) is 13.2 Å². The van der Waals surface area contributed by atoms with Crippen LogP contribution in [0.3, 0.4) is 0 Å². The zero-order valence-electron chi connectivity index (χ0n) is 15.4. The average Bonchev–Trinajstić information content (AvgIpc) is 2.69. The summed E-state index contributed by atoms with van der Waals surface area (Å²) < 4.78 is 11.2. The van der Waals surface area contributed by atoms with E-state index < -0.39 is 24.1 Å². The second-order valence-corrected chi connectivity index (χ2v) is 5.98. The Morgan fingerprint density at radius 2 is 1.79 bits per heavy atom. The van der Waals surface area contributed by atoms with Gasteiger partial charge in [-0.15, -0.1) is 0 Å². The molecule has 0 aromatic heterocycles. The van der Waals surface area contributed by atoms with E-state index in [2.05, 4.69) is 5.32 Å². The van der Waals surface area contributed by atoms with E-state index >= 15 is 0 Å². The van der Waals surface area contributed by atoms with E-state index in [1.807, 2.05) is 6.07 Å². The van der Waals surface area contributed by atoms with Crippen LogP contribution in [-0.2, 0) is 9.53 Å². The molecule has 2 aromatic carbocycles. The number of hydrogen-bond acceptors (Lipinski definition) is 5. The highest BCUT2D eigenvalue weighted by Crippen LogP contribution is 2.34. The molecular formula is C21H23NO6. The maximum atomic E-state index is 12.4. The lowest BCUT2D eigenvalue weighted by Gasteiger charge is -2.24. The van der Waals surface area contributed by atoms with Crippen molar-refractivity contribution in [3.63, 3.8) is 0 Å². The first-order valence-corrected chi connectivity index (χ1v) is 8.77. The Morgan fingerprint density at radius 1 is 1.11 bits per heavy atom. The lowest BCUT2D eigenvalue weighted by Crippen LogP contribution is -2.22. The Balaban J connectivity index is 2.27. The Morgan fingerprint density at radius 3 is 2.46 bits per heavy atom. The molecule has 0 bridgehead atoms. The molecule has 0 heterocycles. The van der Waals surface area contributed by atoms with Crippen molar-refractivity contribution in [1.82, 2.24) is 0 Å². The summed E-state index contributed by atoms with van der Waals surface area (Å²) in [5, 5.41) is 20.6. The van der Waals surface area contributed by atoms with Crippen molar-refractivity contribution in [2.45, 2.75) is 13.0 Å². The van der Waals surface area contributed by atoms with Crippen LogP contribution >= 0.6 is 0 Å². The maximum Gasteiger partial charge on any atom is 0.412 e. The predicted molar refractivity (Wildman–Crippen MR) is 104 cm³/mol. The van der Waals surface area contributed by atoms with Crippen LogP contribution in [0.1, 0.15) is 18.6 Å². The van der Waals surface area contributed by atoms with Gasteiger partial charge in [0.15, 0.2) is 0 Å². The van der Waals surface area contributed by atoms with Crippen LogP contribution in [0.4, 0.5) is 10.5 Å². The van der Waals surface area contributed by atoms with Crippen molar-refractivity contribution in [1.29, 1.82) is 0 Å². The number of aliphatic hydroxyl groups excluding tert-OH is 1. The number of anilines is 1. The van der Waals surface area contributed by atoms with Gasteiger partial charge in [0.25, 0.3) is 0 Å². The number of carboxylic acids is 1. The summed E-state index contributed by atoms with van der Waals surface area (Å²) in [5.74, 6) is -1.09. The van der Waals surface area contributed by atoms with Gasteiger partial charge in [-0.2, -0.15) is 0 Å². The van der Waals surface area contributed by atoms with E-state index in [0.717, 1.165) is 6.08 Å². The first-order valence-electron chi connectivity index (χ1n) is 8.77. The number of carboxylic acid groups (broad SMARTS) is 1. The highest BCUT2D eigenvalue weighted by molar-refractivity contribution is 5.84. The number of rotatable bonds is 9. The minimum absolute atomic E-state index is 0.0826. The average molecular weight is 385 g/mol. The number of carbonyl (C=O) groups is 2. The van der Waals surface area contributed by atoms with E-state index in [0.29, 0.717) is 17.0 Å². The highest BCUT2D eigenvalue weighted by Gasteiger charge is 2.25. The van der Waals surface area contributed by atoms with Gasteiger partial charge in [0.2, 0.25) is 0 Å². The molecule has 0 radical (unpaired) electrons. The van der Waals surface area contributed by atoms with Crippen LogP contribution in [0, 0.1) is 5.92 Å². The number of amides is 1. The van der Waals surface area contributed by atoms with Crippen LogP contribution in [0.25, 0.3) is 0 Å². The van der Waals surface area contributed by atoms with Crippen LogP contribution in [0.2, 0.25) is 0 Å². The highest BCUT2D eigenvalue weighted by atomic mass is 16.6. The van der Waals surface area contributed by atoms with Gasteiger partial charge in [0, 0.05) is 23.2 Å². The summed E-state index contributed by atoms with van der Waals surface area (Å²) in [6.45, 7) is 1.66. The van der Waals surface area contributed by atoms with E-state index in [1.165, 1.54) is 6.08 Å². The number of carbonyl (C=O) groups excluding carboxylic acids is 1. The molecular weight excluding hydrogens is 362 g/mol. The molecule has 0 saturated heterocycles. The summed E-state index contributed by atoms with van der Waals surface area (Å²) in [5.41, 5.74) is 1.14. The molecule has 1 amide bonds. The second-order valence-electron chi connectivity index (χ2n) is 5.98. The molecule has 0 saturated carbocycles. The Bertz CT molecular complexity index is 806. The topological polar surface area (TPSA) is 105 Å². The fourth-order valence-corrected chi connectivity index (χ4v) is 2.58. The number of aliphatic hydroxyl groups is 1. The smallest absolute Gasteiger partial charge is 0.412 e. The van der Waals surface area contributed by atoms with Gasteiger partial charge in [-0.3, -0.25) is 5.32 Å². The summed E-state index contributed by atoms with van der Waals surface area (Å²) in [7, 11) is 0. The third-order valence-electron chi connectivity index (χ3n) is 3.85. The number of ether oxygens (including phenoxy) is 2. The van der Waals surface area contributed by atoms with Gasteiger partial charge in [-0.05, 0) is 18.2 Å². The van der Waals surface area contributed by atoms with Gasteiger partial charge >= 0.3 is 12.1 Å². The van der Waals surface area contributed by atoms with Crippen molar-refractivity contribution in [2.24, 2.45) is 5.92 Å². The van der Waals surface area contributed by atoms with Gasteiger partial charge in [-0.1, -0.05) is 49.4 Å². The van der Waals surface area contributed by atoms with E-state index in [9.17, 15) is 9.59 Å². The summed E-state index contributed by atoms with van der Waals surface area (Å²) in [6, 6.07) is 15.8. The van der Waals surface area contributed by atoms with Crippen molar-refractivity contribution in [3.05, 3.63) is 72.3 Å². The van der Waals surface area contributed by atoms with E-state index in [4.69, 9.17) is 19.7 Å². The predicted octanol–water partition coefficient (Wildman–Crippen LogP) is 3.62. The molecule has 7 nitrogen and oxygen atoms in total. The summed E-state index contributed by atoms with van der Waals surface area (Å²) in [6.07, 6.45) is 0.983. The van der Waals surface area contributed by atoms with E-state index in [1.54, 1.807) is 55.5 Å². The van der Waals surface area contributed by atoms with Crippen LogP contribution in [-0.4, -0.2) is 35.5 Å². The number of para-hydroxylation sites is 2. The summed E-state index contributed by atoms with van der Waals surface area (Å²) in [4.78, 5) is 23.3. The number of benzene rings is 2. The van der Waals surface area contributed by atoms with Crippen molar-refractivity contribution < 1.29 is 29.3 Å². The summed E-state index contributed by atoms with van der Waals surface area (Å²) >= 11 is 0. The van der Waals surface area contributed by atoms with Gasteiger partial charge in [0.05, 0.1) is 6.61 Å². The van der Waals surface area contributed by atoms with Crippen LogP contribution in [0.5, 0.6) is 5.75 Å². The Kier molecular flexibility index (Phi) is 8.05. The third kappa shape index (κ3) is 6.44. The van der Waals surface area contributed by atoms with Crippen LogP contribution < -0.4 is 10.1 Å². The molecule has 2 rings (SSSR count). The molecule has 2 aromatic rings. The molecule has 3 N–H and O–H groups in total. The molecule has 28 heavy (non-hydrogen) atoms. The van der Waals surface area contributed by atoms with Gasteiger partial charge < -0.3 is 19.7 Å². The molecule has 148 valence electrons. The minimum Gasteiger partial charge on any atom is -0.491 e. The van der Waals surface area contributed by atoms with Gasteiger partial charge in [0.1, 0.15) is 18.5 Å². The lowest BCUT2D eigenvalue weighted by atomic mass is 9.96. The second kappa shape index (κ2) is 10.7. The largest absolute Gasteiger partial charge is 0.491 e. The maximum absolute atomic E-state index is 12.4. The minimum atomic E-state index is -1.09. The standard InChI is InChI=1S/C21H23NO6/c1-15(11-12-19(24)25)20(17-9-5-6-10-18(17)27-14-13-23)28-21(26)22-16-7-3-2-4-8-16/h2-12,15,20,23H,13-14H2,1H3,(H,22,26)(H,24,25)/b12-11+/t15-,20-/m0/s1. The molecule has 0 fully saturated rings. The van der Waals surface area contributed by atoms with Crippen molar-refractivity contribution in [3.8, 4) is 5.75 Å². The first kappa shape index (κ1) is 21.0. The first-order chi connectivity index (χ1) is 13.5. The number of nitrogens with one attached hydrogen (secondary N) is 1. The zero-order valence-corrected chi connectivity index (χ0v) is 15.4. The molecule has 0 aliphatic rings. The number of hydrogen-bond donors (Lipinski definition) is 3. The third-order valence-corrected chi connectivity index (χ3v) is 3.85. The van der Waals surface area contributed by atoms with Crippen LogP contribution in [0.15, 0.2) is 66.7 Å².